The second kappa shape index (κ2) is 9.96. The number of carbonyl (C=O) groups is 5. The molecule has 222 valence electrons. The monoisotopic (exact) mass is 564 g/mol. The lowest BCUT2D eigenvalue weighted by molar-refractivity contribution is -0.205. The number of hydrogen-bond donors (Lipinski definition) is 2. The molecule has 4 aliphatic rings. The summed E-state index contributed by atoms with van der Waals surface area (Å²) in [4.78, 5) is 68.6. The summed E-state index contributed by atoms with van der Waals surface area (Å²) in [6.07, 6.45) is 7.96. The van der Waals surface area contributed by atoms with E-state index in [1.54, 1.807) is 20.8 Å². The smallest absolute Gasteiger partial charge is 0.190 e. The van der Waals surface area contributed by atoms with E-state index in [0.29, 0.717) is 29.9 Å². The fraction of sp³-hybridized carbons (Fsp3) is 0.676. The zero-order valence-electron chi connectivity index (χ0n) is 25.3. The van der Waals surface area contributed by atoms with Gasteiger partial charge in [-0.3, -0.25) is 24.0 Å². The highest BCUT2D eigenvalue weighted by atomic mass is 16.3. The Morgan fingerprint density at radius 1 is 1.05 bits per heavy atom. The van der Waals surface area contributed by atoms with E-state index in [2.05, 4.69) is 0 Å². The van der Waals surface area contributed by atoms with Gasteiger partial charge >= 0.3 is 0 Å². The third-order valence-corrected chi connectivity index (χ3v) is 11.2. The Morgan fingerprint density at radius 3 is 2.27 bits per heavy atom. The van der Waals surface area contributed by atoms with Crippen molar-refractivity contribution in [1.29, 1.82) is 0 Å². The van der Waals surface area contributed by atoms with Gasteiger partial charge in [-0.2, -0.15) is 0 Å². The van der Waals surface area contributed by atoms with Gasteiger partial charge in [0.15, 0.2) is 28.7 Å². The molecule has 5 rings (SSSR count). The predicted octanol–water partition coefficient (Wildman–Crippen LogP) is 4.91. The van der Waals surface area contributed by atoms with Gasteiger partial charge in [0.1, 0.15) is 17.5 Å². The van der Waals surface area contributed by atoms with E-state index in [0.717, 1.165) is 18.9 Å². The molecule has 0 bridgehead atoms. The normalized spacial score (nSPS) is 35.8. The Labute approximate surface area is 242 Å². The van der Waals surface area contributed by atoms with Crippen LogP contribution in [0.3, 0.4) is 0 Å². The highest BCUT2D eigenvalue weighted by Gasteiger charge is 2.76. The Balaban J connectivity index is 1.60. The molecule has 0 spiro atoms. The molecule has 41 heavy (non-hydrogen) atoms. The van der Waals surface area contributed by atoms with Crippen molar-refractivity contribution in [3.8, 4) is 5.75 Å². The van der Waals surface area contributed by atoms with Crippen molar-refractivity contribution in [2.24, 2.45) is 40.4 Å². The number of hydrogen-bond acceptors (Lipinski definition) is 7. The molecule has 0 amide bonds. The Hall–Kier alpha value is -2.67. The highest BCUT2D eigenvalue weighted by Crippen LogP contribution is 2.64. The van der Waals surface area contributed by atoms with Gasteiger partial charge < -0.3 is 10.2 Å². The summed E-state index contributed by atoms with van der Waals surface area (Å²) in [7, 11) is 0. The van der Waals surface area contributed by atoms with Crippen LogP contribution in [0, 0.1) is 47.3 Å². The molecule has 4 aliphatic carbocycles. The lowest BCUT2D eigenvalue weighted by atomic mass is 9.40. The summed E-state index contributed by atoms with van der Waals surface area (Å²) in [6, 6.07) is 1.96. The van der Waals surface area contributed by atoms with Gasteiger partial charge in [-0.25, -0.2) is 0 Å². The first-order valence-electron chi connectivity index (χ1n) is 15.3. The second-order valence-corrected chi connectivity index (χ2v) is 14.4. The molecule has 1 aromatic carbocycles. The molecular weight excluding hydrogens is 520 g/mol. The molecule has 0 aromatic heterocycles. The number of benzene rings is 1. The van der Waals surface area contributed by atoms with Gasteiger partial charge in [0, 0.05) is 11.3 Å². The van der Waals surface area contributed by atoms with Gasteiger partial charge in [0.05, 0.1) is 11.5 Å². The number of fused-ring (bicyclic) bond motifs is 3. The van der Waals surface area contributed by atoms with Crippen LogP contribution >= 0.6 is 0 Å². The standard InChI is InChI=1S/C34H44O7/c1-17(2)25-28(37)23(19(4)35)30(39)34(41)31(40)26-29(38)24-22(15-32(26,5)16-33(25,34)6)18(3)14-21(27(24)36)13-12-20-10-8-7-9-11-20/h14,17,20,23,25-26,36,41H,7-13,15-16H2,1-6H3/t23?,25?,26?,32-,33-,34+/m1/s1. The second-order valence-electron chi connectivity index (χ2n) is 14.4. The molecular formula is C34H44O7. The minimum absolute atomic E-state index is 0.0761. The van der Waals surface area contributed by atoms with Crippen molar-refractivity contribution >= 4 is 28.9 Å². The third-order valence-electron chi connectivity index (χ3n) is 11.2. The summed E-state index contributed by atoms with van der Waals surface area (Å²) in [5.41, 5.74) is -2.77. The average molecular weight is 565 g/mol. The van der Waals surface area contributed by atoms with Crippen molar-refractivity contribution in [3.63, 3.8) is 0 Å². The van der Waals surface area contributed by atoms with Gasteiger partial charge in [-0.05, 0) is 73.5 Å². The predicted molar refractivity (Wildman–Crippen MR) is 153 cm³/mol. The van der Waals surface area contributed by atoms with E-state index in [4.69, 9.17) is 0 Å². The highest BCUT2D eigenvalue weighted by molar-refractivity contribution is 6.32. The van der Waals surface area contributed by atoms with Gasteiger partial charge in [0.25, 0.3) is 0 Å². The van der Waals surface area contributed by atoms with Crippen LogP contribution in [0.2, 0.25) is 0 Å². The third kappa shape index (κ3) is 4.12. The number of ketones is 5. The van der Waals surface area contributed by atoms with E-state index < -0.39 is 63.1 Å². The zero-order chi connectivity index (χ0) is 30.2. The maximum atomic E-state index is 14.4. The number of aliphatic hydroxyl groups is 1. The van der Waals surface area contributed by atoms with E-state index in [1.807, 2.05) is 19.9 Å². The minimum Gasteiger partial charge on any atom is -0.507 e. The maximum absolute atomic E-state index is 14.4. The lowest BCUT2D eigenvalue weighted by Gasteiger charge is -2.62. The summed E-state index contributed by atoms with van der Waals surface area (Å²) >= 11 is 0. The number of phenolic OH excluding ortho intramolecular Hbond substituents is 1. The van der Waals surface area contributed by atoms with Crippen LogP contribution in [0.25, 0.3) is 0 Å². The molecule has 2 N–H and O–H groups in total. The van der Waals surface area contributed by atoms with Crippen LogP contribution in [0.1, 0.15) is 107 Å². The minimum atomic E-state index is -2.66. The first kappa shape index (κ1) is 29.8. The number of Topliss-reactive ketones (excluding diaryl/α,β-unsaturated/α-hetero) is 5. The van der Waals surface area contributed by atoms with Gasteiger partial charge in [-0.1, -0.05) is 65.9 Å². The largest absolute Gasteiger partial charge is 0.507 e. The maximum Gasteiger partial charge on any atom is 0.190 e. The number of phenols is 1. The average Bonchev–Trinajstić information content (AvgIpc) is 2.87. The molecule has 0 aliphatic heterocycles. The summed E-state index contributed by atoms with van der Waals surface area (Å²) < 4.78 is 0. The fourth-order valence-electron chi connectivity index (χ4n) is 9.48. The van der Waals surface area contributed by atoms with Crippen LogP contribution in [-0.4, -0.2) is 44.7 Å². The van der Waals surface area contributed by atoms with E-state index >= 15 is 0 Å². The van der Waals surface area contributed by atoms with Crippen LogP contribution in [0.15, 0.2) is 6.07 Å². The van der Waals surface area contributed by atoms with E-state index in [1.165, 1.54) is 32.1 Å². The molecule has 6 atom stereocenters. The molecule has 3 saturated carbocycles. The van der Waals surface area contributed by atoms with Gasteiger partial charge in [-0.15, -0.1) is 0 Å². The Morgan fingerprint density at radius 2 is 1.68 bits per heavy atom. The number of carbonyl (C=O) groups excluding carboxylic acids is 5. The number of aryl methyl sites for hydroxylation is 2. The fourth-order valence-corrected chi connectivity index (χ4v) is 9.48. The Kier molecular flexibility index (Phi) is 7.24. The SMILES string of the molecule is CC(=O)C1C(=O)C(C(C)C)[C@@]2(C)C[C@@]3(C)Cc4c(C)cc(CCC5CCCCC5)c(O)c4C(=O)C3C(=O)[C@@]2(O)C1=O. The molecule has 0 radical (unpaired) electrons. The summed E-state index contributed by atoms with van der Waals surface area (Å²) in [5, 5.41) is 23.6. The number of aromatic hydroxyl groups is 1. The molecule has 1 aromatic rings. The quantitative estimate of drug-likeness (QED) is 0.487. The first-order valence-corrected chi connectivity index (χ1v) is 15.3. The van der Waals surface area contributed by atoms with Crippen LogP contribution < -0.4 is 0 Å². The van der Waals surface area contributed by atoms with Crippen LogP contribution in [0.4, 0.5) is 0 Å². The lowest BCUT2D eigenvalue weighted by Crippen LogP contribution is -2.76. The van der Waals surface area contributed by atoms with Crippen molar-refractivity contribution in [2.45, 2.75) is 105 Å². The van der Waals surface area contributed by atoms with E-state index in [-0.39, 0.29) is 23.7 Å². The van der Waals surface area contributed by atoms with E-state index in [9.17, 15) is 34.2 Å². The van der Waals surface area contributed by atoms with Crippen LogP contribution in [-0.2, 0) is 32.0 Å². The molecule has 7 nitrogen and oxygen atoms in total. The Bertz CT molecular complexity index is 1350. The van der Waals surface area contributed by atoms with Crippen molar-refractivity contribution in [1.82, 2.24) is 0 Å². The zero-order valence-corrected chi connectivity index (χ0v) is 25.3. The van der Waals surface area contributed by atoms with Crippen molar-refractivity contribution in [3.05, 3.63) is 28.3 Å². The topological polar surface area (TPSA) is 126 Å². The number of rotatable bonds is 5. The summed E-state index contributed by atoms with van der Waals surface area (Å²) in [6.45, 7) is 10.0. The van der Waals surface area contributed by atoms with Gasteiger partial charge in [0.2, 0.25) is 0 Å². The van der Waals surface area contributed by atoms with Crippen molar-refractivity contribution < 1.29 is 34.2 Å². The van der Waals surface area contributed by atoms with Crippen molar-refractivity contribution in [2.75, 3.05) is 0 Å². The first-order chi connectivity index (χ1) is 19.1. The molecule has 3 fully saturated rings. The molecule has 0 saturated heterocycles. The summed E-state index contributed by atoms with van der Waals surface area (Å²) in [5.74, 6) is -7.80. The molecule has 7 heteroatoms. The van der Waals surface area contributed by atoms with Crippen LogP contribution in [0.5, 0.6) is 5.75 Å². The molecule has 3 unspecified atom stereocenters. The molecule has 0 heterocycles.